The molecule has 16 heavy (non-hydrogen) atoms. The first-order valence-electron chi connectivity index (χ1n) is 4.27. The Balaban J connectivity index is 3.26. The molecule has 1 aromatic rings. The van der Waals surface area contributed by atoms with Crippen LogP contribution in [-0.2, 0) is 10.0 Å². The topological polar surface area (TPSA) is 80.5 Å². The van der Waals surface area contributed by atoms with Gasteiger partial charge in [0.2, 0.25) is 10.0 Å². The lowest BCUT2D eigenvalue weighted by Gasteiger charge is -2.11. The first-order chi connectivity index (χ1) is 7.23. The monoisotopic (exact) mass is 246 g/mol. The van der Waals surface area contributed by atoms with Crippen LogP contribution in [0.1, 0.15) is 10.4 Å². The van der Waals surface area contributed by atoms with Crippen molar-refractivity contribution in [3.63, 3.8) is 0 Å². The number of carbonyl (C=O) groups excluding carboxylic acids is 1. The Kier molecular flexibility index (Phi) is 3.30. The van der Waals surface area contributed by atoms with Gasteiger partial charge in [-0.1, -0.05) is 0 Å². The zero-order valence-corrected chi connectivity index (χ0v) is 9.58. The molecule has 0 heterocycles. The fourth-order valence-electron chi connectivity index (χ4n) is 1.09. The van der Waals surface area contributed by atoms with Crippen LogP contribution >= 0.6 is 0 Å². The minimum atomic E-state index is -3.95. The number of halogens is 1. The van der Waals surface area contributed by atoms with E-state index in [0.717, 1.165) is 18.2 Å². The van der Waals surface area contributed by atoms with Gasteiger partial charge in [0.15, 0.2) is 0 Å². The molecule has 0 bridgehead atoms. The molecular formula is C9H11FN2O3S. The Bertz CT molecular complexity index is 526. The summed E-state index contributed by atoms with van der Waals surface area (Å²) < 4.78 is 35.3. The van der Waals surface area contributed by atoms with E-state index in [-0.39, 0.29) is 10.5 Å². The molecule has 0 saturated carbocycles. The van der Waals surface area contributed by atoms with E-state index in [4.69, 9.17) is 5.14 Å². The zero-order valence-electron chi connectivity index (χ0n) is 8.77. The maximum atomic E-state index is 13.4. The summed E-state index contributed by atoms with van der Waals surface area (Å²) in [7, 11) is -1.02. The number of benzene rings is 1. The van der Waals surface area contributed by atoms with Crippen LogP contribution in [0.2, 0.25) is 0 Å². The lowest BCUT2D eigenvalue weighted by molar-refractivity contribution is 0.0823. The normalized spacial score (nSPS) is 11.2. The van der Waals surface area contributed by atoms with Gasteiger partial charge in [0.05, 0.1) is 10.5 Å². The summed E-state index contributed by atoms with van der Waals surface area (Å²) in [6.45, 7) is 0. The highest BCUT2D eigenvalue weighted by Crippen LogP contribution is 2.14. The van der Waals surface area contributed by atoms with Crippen LogP contribution in [0, 0.1) is 5.82 Å². The van der Waals surface area contributed by atoms with E-state index in [0.29, 0.717) is 0 Å². The Morgan fingerprint density at radius 1 is 1.38 bits per heavy atom. The number of nitrogens with two attached hydrogens (primary N) is 1. The van der Waals surface area contributed by atoms with Crippen LogP contribution in [0.15, 0.2) is 23.1 Å². The Morgan fingerprint density at radius 2 is 1.94 bits per heavy atom. The number of amides is 1. The molecule has 1 amide bonds. The quantitative estimate of drug-likeness (QED) is 0.808. The van der Waals surface area contributed by atoms with Crippen molar-refractivity contribution >= 4 is 15.9 Å². The van der Waals surface area contributed by atoms with E-state index in [1.54, 1.807) is 0 Å². The maximum Gasteiger partial charge on any atom is 0.256 e. The average Bonchev–Trinajstić information content (AvgIpc) is 2.15. The van der Waals surface area contributed by atoms with Crippen molar-refractivity contribution < 1.29 is 17.6 Å². The molecule has 0 unspecified atom stereocenters. The largest absolute Gasteiger partial charge is 0.345 e. The lowest BCUT2D eigenvalue weighted by Crippen LogP contribution is -2.23. The molecule has 1 rings (SSSR count). The number of sulfonamides is 1. The highest BCUT2D eigenvalue weighted by atomic mass is 32.2. The molecule has 0 spiro atoms. The van der Waals surface area contributed by atoms with Gasteiger partial charge in [0, 0.05) is 14.1 Å². The minimum absolute atomic E-state index is 0.197. The summed E-state index contributed by atoms with van der Waals surface area (Å²) in [6, 6.07) is 2.92. The van der Waals surface area contributed by atoms with Gasteiger partial charge in [0.25, 0.3) is 5.91 Å². The van der Waals surface area contributed by atoms with Crippen LogP contribution < -0.4 is 5.14 Å². The second kappa shape index (κ2) is 4.18. The molecule has 7 heteroatoms. The third kappa shape index (κ3) is 2.56. The summed E-state index contributed by atoms with van der Waals surface area (Å²) in [5, 5.41) is 4.82. The van der Waals surface area contributed by atoms with E-state index < -0.39 is 21.7 Å². The van der Waals surface area contributed by atoms with Crippen LogP contribution in [0.5, 0.6) is 0 Å². The van der Waals surface area contributed by atoms with Gasteiger partial charge < -0.3 is 4.90 Å². The van der Waals surface area contributed by atoms with Crippen LogP contribution in [0.3, 0.4) is 0 Å². The van der Waals surface area contributed by atoms with Gasteiger partial charge in [-0.25, -0.2) is 17.9 Å². The molecule has 0 aliphatic heterocycles. The molecule has 2 N–H and O–H groups in total. The van der Waals surface area contributed by atoms with Crippen molar-refractivity contribution in [2.24, 2.45) is 5.14 Å². The molecule has 5 nitrogen and oxygen atoms in total. The summed E-state index contributed by atoms with van der Waals surface area (Å²) in [5.41, 5.74) is -0.197. The fraction of sp³-hybridized carbons (Fsp3) is 0.222. The molecule has 0 atom stereocenters. The van der Waals surface area contributed by atoms with Crippen molar-refractivity contribution in [2.75, 3.05) is 14.1 Å². The van der Waals surface area contributed by atoms with E-state index in [2.05, 4.69) is 0 Å². The predicted octanol–water partition coefficient (Wildman–Crippen LogP) is 0.175. The summed E-state index contributed by atoms with van der Waals surface area (Å²) >= 11 is 0. The molecule has 0 fully saturated rings. The van der Waals surface area contributed by atoms with E-state index in [9.17, 15) is 17.6 Å². The van der Waals surface area contributed by atoms with E-state index in [1.165, 1.54) is 19.0 Å². The first-order valence-corrected chi connectivity index (χ1v) is 5.82. The zero-order chi connectivity index (χ0) is 12.5. The van der Waals surface area contributed by atoms with Gasteiger partial charge in [-0.15, -0.1) is 0 Å². The molecule has 0 radical (unpaired) electrons. The van der Waals surface area contributed by atoms with E-state index >= 15 is 0 Å². The molecule has 0 aliphatic rings. The highest BCUT2D eigenvalue weighted by Gasteiger charge is 2.16. The first kappa shape index (κ1) is 12.6. The minimum Gasteiger partial charge on any atom is -0.345 e. The summed E-state index contributed by atoms with van der Waals surface area (Å²) in [4.78, 5) is 12.3. The van der Waals surface area contributed by atoms with Crippen molar-refractivity contribution in [3.05, 3.63) is 29.6 Å². The smallest absolute Gasteiger partial charge is 0.256 e. The number of hydrogen-bond acceptors (Lipinski definition) is 3. The van der Waals surface area contributed by atoms with Gasteiger partial charge in [-0.2, -0.15) is 0 Å². The third-order valence-electron chi connectivity index (χ3n) is 1.91. The number of primary sulfonamides is 1. The molecule has 0 aromatic heterocycles. The standard InChI is InChI=1S/C9H11FN2O3S/c1-12(2)9(13)7-4-3-6(5-8(7)10)16(11,14)15/h3-5H,1-2H3,(H2,11,14,15). The van der Waals surface area contributed by atoms with Crippen LogP contribution in [0.25, 0.3) is 0 Å². The summed E-state index contributed by atoms with van der Waals surface area (Å²) in [6.07, 6.45) is 0. The van der Waals surface area contributed by atoms with Gasteiger partial charge >= 0.3 is 0 Å². The van der Waals surface area contributed by atoms with Crippen LogP contribution in [-0.4, -0.2) is 33.3 Å². The Hall–Kier alpha value is -1.47. The molecule has 0 saturated heterocycles. The molecular weight excluding hydrogens is 235 g/mol. The molecule has 88 valence electrons. The average molecular weight is 246 g/mol. The SMILES string of the molecule is CN(C)C(=O)c1ccc(S(N)(=O)=O)cc1F. The second-order valence-electron chi connectivity index (χ2n) is 3.39. The fourth-order valence-corrected chi connectivity index (χ4v) is 1.61. The van der Waals surface area contributed by atoms with Gasteiger partial charge in [-0.3, -0.25) is 4.79 Å². The van der Waals surface area contributed by atoms with Crippen molar-refractivity contribution in [1.29, 1.82) is 0 Å². The highest BCUT2D eigenvalue weighted by molar-refractivity contribution is 7.89. The second-order valence-corrected chi connectivity index (χ2v) is 4.95. The third-order valence-corrected chi connectivity index (χ3v) is 2.82. The maximum absolute atomic E-state index is 13.4. The van der Waals surface area contributed by atoms with Gasteiger partial charge in [0.1, 0.15) is 5.82 Å². The van der Waals surface area contributed by atoms with Crippen molar-refractivity contribution in [3.8, 4) is 0 Å². The number of rotatable bonds is 2. The summed E-state index contributed by atoms with van der Waals surface area (Å²) in [5.74, 6) is -1.45. The lowest BCUT2D eigenvalue weighted by atomic mass is 10.2. The number of carbonyl (C=O) groups is 1. The van der Waals surface area contributed by atoms with E-state index in [1.807, 2.05) is 0 Å². The van der Waals surface area contributed by atoms with Crippen molar-refractivity contribution in [1.82, 2.24) is 4.90 Å². The van der Waals surface area contributed by atoms with Gasteiger partial charge in [-0.05, 0) is 18.2 Å². The molecule has 0 aliphatic carbocycles. The van der Waals surface area contributed by atoms with Crippen molar-refractivity contribution in [2.45, 2.75) is 4.90 Å². The Labute approximate surface area is 92.7 Å². The van der Waals surface area contributed by atoms with Crippen LogP contribution in [0.4, 0.5) is 4.39 Å². The number of hydrogen-bond donors (Lipinski definition) is 1. The predicted molar refractivity (Wildman–Crippen MR) is 55.8 cm³/mol. The molecule has 1 aromatic carbocycles. The Morgan fingerprint density at radius 3 is 2.31 bits per heavy atom. The number of nitrogens with zero attached hydrogens (tertiary/aromatic N) is 1.